The van der Waals surface area contributed by atoms with E-state index < -0.39 is 22.7 Å². The van der Waals surface area contributed by atoms with Gasteiger partial charge in [0.2, 0.25) is 0 Å². The summed E-state index contributed by atoms with van der Waals surface area (Å²) >= 11 is 5.34. The molecule has 1 rings (SSSR count). The van der Waals surface area contributed by atoms with Gasteiger partial charge in [0.15, 0.2) is 6.17 Å². The highest BCUT2D eigenvalue weighted by molar-refractivity contribution is 6.18. The number of halogens is 1. The van der Waals surface area contributed by atoms with Crippen molar-refractivity contribution in [1.29, 1.82) is 0 Å². The van der Waals surface area contributed by atoms with Crippen LogP contribution < -0.4 is 5.32 Å². The number of benzene rings is 1. The highest BCUT2D eigenvalue weighted by Crippen LogP contribution is 2.22. The molecule has 0 fully saturated rings. The maximum atomic E-state index is 11.6. The normalized spacial score (nSPS) is 11.6. The van der Waals surface area contributed by atoms with E-state index in [0.29, 0.717) is 0 Å². The van der Waals surface area contributed by atoms with Crippen LogP contribution in [-0.4, -0.2) is 28.0 Å². The first-order valence-corrected chi connectivity index (χ1v) is 5.19. The van der Waals surface area contributed by atoms with E-state index in [9.17, 15) is 24.9 Å². The molecule has 0 aliphatic carbocycles. The van der Waals surface area contributed by atoms with Gasteiger partial charge in [-0.05, 0) is 11.2 Å². The largest absolute Gasteiger partial charge is 0.507 e. The fourth-order valence-electron chi connectivity index (χ4n) is 1.14. The lowest BCUT2D eigenvalue weighted by Crippen LogP contribution is -2.34. The Morgan fingerprint density at radius 2 is 2.28 bits per heavy atom. The quantitative estimate of drug-likeness (QED) is 0.363. The number of nitro groups is 1. The van der Waals surface area contributed by atoms with Crippen molar-refractivity contribution in [3.63, 3.8) is 0 Å². The van der Waals surface area contributed by atoms with Crippen LogP contribution in [0.5, 0.6) is 5.75 Å². The molecule has 0 aliphatic heterocycles. The van der Waals surface area contributed by atoms with Gasteiger partial charge in [0.05, 0.1) is 16.4 Å². The van der Waals surface area contributed by atoms with Crippen molar-refractivity contribution in [2.24, 2.45) is 5.18 Å². The van der Waals surface area contributed by atoms with Crippen LogP contribution in [-0.2, 0) is 0 Å². The molecule has 0 radical (unpaired) electrons. The molecule has 9 heteroatoms. The Kier molecular flexibility index (Phi) is 4.55. The van der Waals surface area contributed by atoms with Crippen LogP contribution in [0.15, 0.2) is 23.4 Å². The number of nitroso groups, excluding NO2 is 1. The molecule has 0 bridgehead atoms. The second-order valence-corrected chi connectivity index (χ2v) is 3.52. The van der Waals surface area contributed by atoms with E-state index in [1.165, 1.54) is 0 Å². The molecular weight excluding hydrogens is 266 g/mol. The van der Waals surface area contributed by atoms with E-state index in [-0.39, 0.29) is 17.1 Å². The molecule has 1 amide bonds. The van der Waals surface area contributed by atoms with Crippen molar-refractivity contribution in [3.8, 4) is 5.75 Å². The number of nitro benzene ring substituents is 1. The number of carbonyl (C=O) groups excluding carboxylic acids is 1. The number of non-ortho nitro benzene ring substituents is 1. The van der Waals surface area contributed by atoms with Gasteiger partial charge in [-0.25, -0.2) is 0 Å². The number of amides is 1. The number of hydrogen-bond acceptors (Lipinski definition) is 6. The number of nitrogens with one attached hydrogen (secondary N) is 1. The summed E-state index contributed by atoms with van der Waals surface area (Å²) in [6.07, 6.45) is -1.17. The molecular formula is C9H8ClN3O5. The van der Waals surface area contributed by atoms with Gasteiger partial charge in [0.1, 0.15) is 5.75 Å². The fourth-order valence-corrected chi connectivity index (χ4v) is 1.28. The molecule has 0 aliphatic rings. The number of phenols is 1. The highest BCUT2D eigenvalue weighted by atomic mass is 35.5. The standard InChI is InChI=1S/C9H8ClN3O5/c10-4-8(12-16)11-9(15)6-3-5(13(17)18)1-2-7(6)14/h1-3,8,14H,4H2,(H,11,15). The Bertz CT molecular complexity index is 493. The summed E-state index contributed by atoms with van der Waals surface area (Å²) in [5.74, 6) is -1.57. The van der Waals surface area contributed by atoms with Gasteiger partial charge in [-0.1, -0.05) is 0 Å². The molecule has 1 unspecified atom stereocenters. The highest BCUT2D eigenvalue weighted by Gasteiger charge is 2.19. The predicted octanol–water partition coefficient (Wildman–Crippen LogP) is 1.36. The third-order valence-electron chi connectivity index (χ3n) is 2.01. The number of carbonyl (C=O) groups is 1. The van der Waals surface area contributed by atoms with Crippen LogP contribution in [0.1, 0.15) is 10.4 Å². The summed E-state index contributed by atoms with van der Waals surface area (Å²) in [7, 11) is 0. The summed E-state index contributed by atoms with van der Waals surface area (Å²) < 4.78 is 0. The fraction of sp³-hybridized carbons (Fsp3) is 0.222. The van der Waals surface area contributed by atoms with Crippen molar-refractivity contribution in [3.05, 3.63) is 38.8 Å². The van der Waals surface area contributed by atoms with Crippen LogP contribution in [0.3, 0.4) is 0 Å². The van der Waals surface area contributed by atoms with Crippen molar-refractivity contribution in [2.45, 2.75) is 6.17 Å². The number of phenolic OH excluding ortho intramolecular Hbond substituents is 1. The summed E-state index contributed by atoms with van der Waals surface area (Å²) in [6.45, 7) is 0. The maximum Gasteiger partial charge on any atom is 0.270 e. The maximum absolute atomic E-state index is 11.6. The zero-order valence-corrected chi connectivity index (χ0v) is 9.63. The van der Waals surface area contributed by atoms with Crippen molar-refractivity contribution < 1.29 is 14.8 Å². The third-order valence-corrected chi connectivity index (χ3v) is 2.30. The predicted molar refractivity (Wildman–Crippen MR) is 62.5 cm³/mol. The summed E-state index contributed by atoms with van der Waals surface area (Å²) in [4.78, 5) is 31.7. The second kappa shape index (κ2) is 5.92. The lowest BCUT2D eigenvalue weighted by Gasteiger charge is -2.09. The zero-order chi connectivity index (χ0) is 13.7. The molecule has 8 nitrogen and oxygen atoms in total. The minimum Gasteiger partial charge on any atom is -0.507 e. The van der Waals surface area contributed by atoms with Crippen LogP contribution in [0.4, 0.5) is 5.69 Å². The minimum atomic E-state index is -1.17. The van der Waals surface area contributed by atoms with E-state index in [4.69, 9.17) is 11.6 Å². The first-order chi connectivity index (χ1) is 8.49. The van der Waals surface area contributed by atoms with Gasteiger partial charge >= 0.3 is 0 Å². The lowest BCUT2D eigenvalue weighted by molar-refractivity contribution is -0.384. The first-order valence-electron chi connectivity index (χ1n) is 4.66. The molecule has 96 valence electrons. The van der Waals surface area contributed by atoms with Gasteiger partial charge < -0.3 is 10.4 Å². The van der Waals surface area contributed by atoms with E-state index >= 15 is 0 Å². The topological polar surface area (TPSA) is 122 Å². The van der Waals surface area contributed by atoms with Gasteiger partial charge in [-0.3, -0.25) is 14.9 Å². The van der Waals surface area contributed by atoms with Crippen LogP contribution in [0.25, 0.3) is 0 Å². The van der Waals surface area contributed by atoms with Crippen molar-refractivity contribution in [1.82, 2.24) is 5.32 Å². The van der Waals surface area contributed by atoms with E-state index in [2.05, 4.69) is 10.5 Å². The molecule has 2 N–H and O–H groups in total. The molecule has 1 aromatic carbocycles. The summed E-state index contributed by atoms with van der Waals surface area (Å²) in [6, 6.07) is 2.95. The van der Waals surface area contributed by atoms with Gasteiger partial charge in [0.25, 0.3) is 11.6 Å². The minimum absolute atomic E-state index is 0.245. The average molecular weight is 274 g/mol. The number of alkyl halides is 1. The van der Waals surface area contributed by atoms with Crippen molar-refractivity contribution >= 4 is 23.2 Å². The van der Waals surface area contributed by atoms with Gasteiger partial charge in [-0.15, -0.1) is 16.5 Å². The Morgan fingerprint density at radius 3 is 2.78 bits per heavy atom. The van der Waals surface area contributed by atoms with Crippen molar-refractivity contribution in [2.75, 3.05) is 5.88 Å². The molecule has 0 spiro atoms. The summed E-state index contributed by atoms with van der Waals surface area (Å²) in [5.41, 5.74) is -0.692. The second-order valence-electron chi connectivity index (χ2n) is 3.21. The number of rotatable bonds is 5. The first kappa shape index (κ1) is 13.8. The monoisotopic (exact) mass is 273 g/mol. The average Bonchev–Trinajstić information content (AvgIpc) is 2.35. The summed E-state index contributed by atoms with van der Waals surface area (Å²) in [5, 5.41) is 24.6. The Balaban J connectivity index is 3.01. The Morgan fingerprint density at radius 1 is 1.61 bits per heavy atom. The SMILES string of the molecule is O=NC(CCl)NC(=O)c1cc([N+](=O)[O-])ccc1O. The number of aromatic hydroxyl groups is 1. The van der Waals surface area contributed by atoms with E-state index in [1.807, 2.05) is 0 Å². The smallest absolute Gasteiger partial charge is 0.270 e. The van der Waals surface area contributed by atoms with E-state index in [0.717, 1.165) is 18.2 Å². The molecule has 18 heavy (non-hydrogen) atoms. The van der Waals surface area contributed by atoms with E-state index in [1.54, 1.807) is 0 Å². The van der Waals surface area contributed by atoms with Crippen LogP contribution in [0.2, 0.25) is 0 Å². The molecule has 0 aromatic heterocycles. The Labute approximate surface area is 106 Å². The van der Waals surface area contributed by atoms with Crippen LogP contribution >= 0.6 is 11.6 Å². The van der Waals surface area contributed by atoms with Gasteiger partial charge in [0, 0.05) is 12.1 Å². The molecule has 0 heterocycles. The third kappa shape index (κ3) is 3.14. The molecule has 0 saturated heterocycles. The lowest BCUT2D eigenvalue weighted by atomic mass is 10.1. The molecule has 0 saturated carbocycles. The van der Waals surface area contributed by atoms with Gasteiger partial charge in [-0.2, -0.15) is 0 Å². The Hall–Kier alpha value is -2.22. The molecule has 1 atom stereocenters. The van der Waals surface area contributed by atoms with Crippen LogP contribution in [0, 0.1) is 15.0 Å². The molecule has 1 aromatic rings. The number of nitrogens with zero attached hydrogens (tertiary/aromatic N) is 2. The zero-order valence-electron chi connectivity index (χ0n) is 8.87. The number of hydrogen-bond donors (Lipinski definition) is 2.